The van der Waals surface area contributed by atoms with Crippen molar-refractivity contribution in [2.45, 2.75) is 18.0 Å². The second kappa shape index (κ2) is 6.41. The van der Waals surface area contributed by atoms with Gasteiger partial charge in [0.15, 0.2) is 0 Å². The first-order valence-corrected chi connectivity index (χ1v) is 5.71. The lowest BCUT2D eigenvalue weighted by Crippen LogP contribution is -2.58. The summed E-state index contributed by atoms with van der Waals surface area (Å²) in [6.07, 6.45) is -6.03. The largest absolute Gasteiger partial charge is 0.460 e. The highest BCUT2D eigenvalue weighted by Gasteiger charge is 2.76. The van der Waals surface area contributed by atoms with Crippen LogP contribution in [0.4, 0.5) is 36.4 Å². The van der Waals surface area contributed by atoms with E-state index >= 15 is 0 Å². The van der Waals surface area contributed by atoms with Gasteiger partial charge in [-0.15, -0.1) is 0 Å². The Hall–Kier alpha value is -2.73. The molecule has 1 amide bonds. The van der Waals surface area contributed by atoms with Gasteiger partial charge < -0.3 is 0 Å². The van der Waals surface area contributed by atoms with Gasteiger partial charge in [-0.05, 0) is 17.7 Å². The first-order chi connectivity index (χ1) is 10.8. The van der Waals surface area contributed by atoms with Crippen molar-refractivity contribution in [1.82, 2.24) is 5.43 Å². The topological polar surface area (TPSA) is 84.6 Å². The number of hydrazone groups is 1. The van der Waals surface area contributed by atoms with E-state index in [0.29, 0.717) is 6.21 Å². The van der Waals surface area contributed by atoms with E-state index in [-0.39, 0.29) is 11.3 Å². The molecule has 0 spiro atoms. The Bertz CT molecular complexity index is 656. The molecule has 0 unspecified atom stereocenters. The van der Waals surface area contributed by atoms with Crippen LogP contribution >= 0.6 is 0 Å². The zero-order valence-corrected chi connectivity index (χ0v) is 11.2. The van der Waals surface area contributed by atoms with Gasteiger partial charge >= 0.3 is 23.9 Å². The second-order valence-corrected chi connectivity index (χ2v) is 4.19. The van der Waals surface area contributed by atoms with Gasteiger partial charge in [-0.25, -0.2) is 5.43 Å². The van der Waals surface area contributed by atoms with Gasteiger partial charge in [0.05, 0.1) is 11.1 Å². The van der Waals surface area contributed by atoms with Crippen molar-refractivity contribution >= 4 is 17.8 Å². The third kappa shape index (κ3) is 3.78. The third-order valence-electron chi connectivity index (χ3n) is 2.52. The molecule has 0 saturated carbocycles. The molecule has 0 atom stereocenters. The number of nitrogens with one attached hydrogen (secondary N) is 1. The fourth-order valence-electron chi connectivity index (χ4n) is 1.24. The van der Waals surface area contributed by atoms with Crippen molar-refractivity contribution in [2.24, 2.45) is 5.10 Å². The normalized spacial score (nSPS) is 13.1. The summed E-state index contributed by atoms with van der Waals surface area (Å²) in [6, 6.07) is 4.09. The zero-order valence-electron chi connectivity index (χ0n) is 11.2. The van der Waals surface area contributed by atoms with Crippen LogP contribution in [0.15, 0.2) is 29.4 Å². The van der Waals surface area contributed by atoms with Crippen LogP contribution < -0.4 is 5.43 Å². The van der Waals surface area contributed by atoms with Crippen molar-refractivity contribution in [3.8, 4) is 0 Å². The van der Waals surface area contributed by atoms with E-state index < -0.39 is 28.9 Å². The molecule has 0 heterocycles. The summed E-state index contributed by atoms with van der Waals surface area (Å²) in [7, 11) is 0. The molecule has 0 fully saturated rings. The number of halogens is 7. The predicted octanol–water partition coefficient (Wildman–Crippen LogP) is 2.88. The summed E-state index contributed by atoms with van der Waals surface area (Å²) in [4.78, 5) is 20.5. The summed E-state index contributed by atoms with van der Waals surface area (Å²) in [5.41, 5.74) is 0.547. The molecule has 0 aliphatic carbocycles. The molecule has 0 saturated heterocycles. The number of carbonyl (C=O) groups is 1. The summed E-state index contributed by atoms with van der Waals surface area (Å²) >= 11 is 0. The van der Waals surface area contributed by atoms with Crippen molar-refractivity contribution in [1.29, 1.82) is 0 Å². The highest BCUT2D eigenvalue weighted by molar-refractivity contribution is 5.87. The maximum atomic E-state index is 12.9. The van der Waals surface area contributed by atoms with Crippen LogP contribution in [-0.4, -0.2) is 35.1 Å². The molecule has 1 aromatic carbocycles. The lowest BCUT2D eigenvalue weighted by Gasteiger charge is -2.26. The minimum Gasteiger partial charge on any atom is -0.266 e. The van der Waals surface area contributed by atoms with E-state index in [0.717, 1.165) is 29.7 Å². The number of non-ortho nitro benzene ring substituents is 1. The number of nitro groups is 1. The number of hydrogen-bond acceptors (Lipinski definition) is 4. The molecule has 0 bridgehead atoms. The van der Waals surface area contributed by atoms with Crippen LogP contribution in [0.25, 0.3) is 0 Å². The molecule has 132 valence electrons. The molecule has 0 aliphatic rings. The average molecular weight is 361 g/mol. The number of hydrogen-bond donors (Lipinski definition) is 1. The highest BCUT2D eigenvalue weighted by atomic mass is 19.4. The van der Waals surface area contributed by atoms with Crippen LogP contribution in [0.5, 0.6) is 0 Å². The van der Waals surface area contributed by atoms with Gasteiger partial charge in [-0.3, -0.25) is 14.9 Å². The first kappa shape index (κ1) is 19.3. The Morgan fingerprint density at radius 3 is 2.00 bits per heavy atom. The fraction of sp³-hybridized carbons (Fsp3) is 0.273. The van der Waals surface area contributed by atoms with Gasteiger partial charge in [-0.1, -0.05) is 0 Å². The van der Waals surface area contributed by atoms with E-state index in [4.69, 9.17) is 0 Å². The smallest absolute Gasteiger partial charge is 0.266 e. The van der Waals surface area contributed by atoms with Crippen LogP contribution in [0.2, 0.25) is 0 Å². The Morgan fingerprint density at radius 1 is 1.08 bits per heavy atom. The first-order valence-electron chi connectivity index (χ1n) is 5.71. The molecular formula is C11H6F7N3O3. The Balaban J connectivity index is 2.82. The lowest BCUT2D eigenvalue weighted by atomic mass is 10.1. The second-order valence-electron chi connectivity index (χ2n) is 4.19. The number of rotatable bonds is 5. The van der Waals surface area contributed by atoms with Crippen LogP contribution in [0, 0.1) is 10.1 Å². The summed E-state index contributed by atoms with van der Waals surface area (Å²) in [5, 5.41) is 13.2. The zero-order chi connectivity index (χ0) is 18.8. The number of alkyl halides is 7. The highest BCUT2D eigenvalue weighted by Crippen LogP contribution is 2.46. The number of nitrogens with zero attached hydrogens (tertiary/aromatic N) is 2. The number of benzene rings is 1. The molecule has 0 aromatic heterocycles. The quantitative estimate of drug-likeness (QED) is 0.379. The van der Waals surface area contributed by atoms with E-state index in [1.807, 2.05) is 0 Å². The van der Waals surface area contributed by atoms with Crippen LogP contribution in [0.1, 0.15) is 5.56 Å². The minimum atomic E-state index is -6.64. The summed E-state index contributed by atoms with van der Waals surface area (Å²) in [5.74, 6) is -15.6. The Kier molecular flexibility index (Phi) is 5.16. The molecule has 0 aliphatic heterocycles. The van der Waals surface area contributed by atoms with Crippen molar-refractivity contribution < 1.29 is 40.5 Å². The number of amides is 1. The standard InChI is InChI=1S/C11H6F7N3O3/c12-9(13,10(14,15)11(16,17)18)8(22)20-19-5-6-1-3-7(4-2-6)21(23)24/h1-5H,(H,20,22)/b19-5+. The maximum Gasteiger partial charge on any atom is 0.460 e. The molecule has 0 radical (unpaired) electrons. The van der Waals surface area contributed by atoms with E-state index in [1.165, 1.54) is 0 Å². The third-order valence-corrected chi connectivity index (χ3v) is 2.52. The molecule has 6 nitrogen and oxygen atoms in total. The van der Waals surface area contributed by atoms with E-state index in [2.05, 4.69) is 5.10 Å². The van der Waals surface area contributed by atoms with Gasteiger partial charge in [0, 0.05) is 12.1 Å². The van der Waals surface area contributed by atoms with Crippen molar-refractivity contribution in [2.75, 3.05) is 0 Å². The number of nitro benzene ring substituents is 1. The van der Waals surface area contributed by atoms with Gasteiger partial charge in [-0.2, -0.15) is 35.8 Å². The lowest BCUT2D eigenvalue weighted by molar-refractivity contribution is -0.384. The Labute approximate surface area is 128 Å². The molecular weight excluding hydrogens is 355 g/mol. The summed E-state index contributed by atoms with van der Waals surface area (Å²) in [6.45, 7) is 0. The molecule has 1 rings (SSSR count). The fourth-order valence-corrected chi connectivity index (χ4v) is 1.24. The SMILES string of the molecule is O=C(N/N=C/c1ccc([N+](=O)[O-])cc1)C(F)(F)C(F)(F)C(F)(F)F. The van der Waals surface area contributed by atoms with Crippen molar-refractivity contribution in [3.05, 3.63) is 39.9 Å². The maximum absolute atomic E-state index is 12.9. The molecule has 24 heavy (non-hydrogen) atoms. The predicted molar refractivity (Wildman–Crippen MR) is 64.8 cm³/mol. The Morgan fingerprint density at radius 2 is 1.58 bits per heavy atom. The molecule has 1 N–H and O–H groups in total. The van der Waals surface area contributed by atoms with Crippen LogP contribution in [0.3, 0.4) is 0 Å². The molecule has 1 aromatic rings. The van der Waals surface area contributed by atoms with E-state index in [1.54, 1.807) is 0 Å². The average Bonchev–Trinajstić information content (AvgIpc) is 2.46. The van der Waals surface area contributed by atoms with Crippen molar-refractivity contribution in [3.63, 3.8) is 0 Å². The van der Waals surface area contributed by atoms with E-state index in [9.17, 15) is 45.6 Å². The number of carbonyl (C=O) groups excluding carboxylic acids is 1. The monoisotopic (exact) mass is 361 g/mol. The van der Waals surface area contributed by atoms with Gasteiger partial charge in [0.25, 0.3) is 5.69 Å². The minimum absolute atomic E-state index is 0.0202. The molecule has 13 heteroatoms. The van der Waals surface area contributed by atoms with Gasteiger partial charge in [0.2, 0.25) is 0 Å². The van der Waals surface area contributed by atoms with Gasteiger partial charge in [0.1, 0.15) is 0 Å². The summed E-state index contributed by atoms with van der Waals surface area (Å²) < 4.78 is 86.6. The van der Waals surface area contributed by atoms with Crippen LogP contribution in [-0.2, 0) is 4.79 Å².